The number of benzene rings is 1. The minimum Gasteiger partial charge on any atom is -0.318 e. The fraction of sp³-hybridized carbons (Fsp3) is 0.333. The number of hydrogen-bond acceptors (Lipinski definition) is 6. The number of nitro benzene ring substituents is 1. The minimum atomic E-state index is -3.92. The molecule has 100 valence electrons. The number of sulfonamides is 1. The van der Waals surface area contributed by atoms with Gasteiger partial charge in [-0.15, -0.1) is 0 Å². The van der Waals surface area contributed by atoms with Gasteiger partial charge in [-0.2, -0.15) is 0 Å². The maximum absolute atomic E-state index is 11.9. The molecule has 8 nitrogen and oxygen atoms in total. The molecule has 1 rings (SSSR count). The van der Waals surface area contributed by atoms with E-state index in [1.165, 1.54) is 12.1 Å². The van der Waals surface area contributed by atoms with Crippen molar-refractivity contribution in [1.82, 2.24) is 4.72 Å². The summed E-state index contributed by atoms with van der Waals surface area (Å²) < 4.78 is 26.1. The number of nitrogens with zero attached hydrogens (tertiary/aromatic N) is 1. The molecule has 0 aromatic heterocycles. The summed E-state index contributed by atoms with van der Waals surface area (Å²) in [6.07, 6.45) is 0.585. The van der Waals surface area contributed by atoms with Gasteiger partial charge in [0, 0.05) is 6.54 Å². The lowest BCUT2D eigenvalue weighted by Crippen LogP contribution is -2.25. The summed E-state index contributed by atoms with van der Waals surface area (Å²) >= 11 is 0. The van der Waals surface area contributed by atoms with E-state index < -0.39 is 25.5 Å². The van der Waals surface area contributed by atoms with E-state index in [1.807, 2.05) is 0 Å². The highest BCUT2D eigenvalue weighted by atomic mass is 32.2. The Hall–Kier alpha value is -1.71. The molecule has 4 N–H and O–H groups in total. The Morgan fingerprint density at radius 2 is 2.11 bits per heavy atom. The Morgan fingerprint density at radius 3 is 2.61 bits per heavy atom. The standard InChI is InChI=1S/C9H14N4O4S/c1-2-6-11-18(16,17)8-5-3-4-7(12-10)9(8)13(14)15/h3-5,11-12H,2,6,10H2,1H3. The number of anilines is 1. The molecule has 0 heterocycles. The summed E-state index contributed by atoms with van der Waals surface area (Å²) in [5.74, 6) is 5.13. The predicted molar refractivity (Wildman–Crippen MR) is 66.4 cm³/mol. The highest BCUT2D eigenvalue weighted by molar-refractivity contribution is 7.89. The molecule has 0 spiro atoms. The second-order valence-corrected chi connectivity index (χ2v) is 5.19. The fourth-order valence-electron chi connectivity index (χ4n) is 1.36. The molecular formula is C9H14N4O4S. The number of rotatable bonds is 6. The average Bonchev–Trinajstić information content (AvgIpc) is 2.35. The zero-order valence-electron chi connectivity index (χ0n) is 9.71. The zero-order valence-corrected chi connectivity index (χ0v) is 10.5. The van der Waals surface area contributed by atoms with Crippen LogP contribution in [0.25, 0.3) is 0 Å². The van der Waals surface area contributed by atoms with Gasteiger partial charge in [0.1, 0.15) is 5.69 Å². The Balaban J connectivity index is 3.36. The third-order valence-corrected chi connectivity index (χ3v) is 3.66. The molecule has 0 aliphatic carbocycles. The maximum Gasteiger partial charge on any atom is 0.313 e. The molecule has 0 saturated heterocycles. The van der Waals surface area contributed by atoms with Gasteiger partial charge in [-0.1, -0.05) is 13.0 Å². The van der Waals surface area contributed by atoms with Crippen molar-refractivity contribution in [2.75, 3.05) is 12.0 Å². The van der Waals surface area contributed by atoms with Crippen LogP contribution in [0.2, 0.25) is 0 Å². The number of nitrogens with two attached hydrogens (primary N) is 1. The van der Waals surface area contributed by atoms with Crippen molar-refractivity contribution in [3.05, 3.63) is 28.3 Å². The van der Waals surface area contributed by atoms with E-state index in [0.717, 1.165) is 6.07 Å². The van der Waals surface area contributed by atoms with Crippen molar-refractivity contribution in [1.29, 1.82) is 0 Å². The summed E-state index contributed by atoms with van der Waals surface area (Å²) in [5, 5.41) is 10.9. The van der Waals surface area contributed by atoms with E-state index in [-0.39, 0.29) is 12.2 Å². The Kier molecular flexibility index (Phi) is 4.59. The molecule has 0 aliphatic heterocycles. The van der Waals surface area contributed by atoms with Crippen molar-refractivity contribution >= 4 is 21.4 Å². The first-order valence-electron chi connectivity index (χ1n) is 5.17. The lowest BCUT2D eigenvalue weighted by Gasteiger charge is -2.08. The average molecular weight is 274 g/mol. The van der Waals surface area contributed by atoms with Gasteiger partial charge in [0.15, 0.2) is 4.90 Å². The SMILES string of the molecule is CCCNS(=O)(=O)c1cccc(NN)c1[N+](=O)[O-]. The molecule has 0 amide bonds. The summed E-state index contributed by atoms with van der Waals surface area (Å²) in [6, 6.07) is 3.87. The van der Waals surface area contributed by atoms with Crippen LogP contribution in [0.3, 0.4) is 0 Å². The first kappa shape index (κ1) is 14.4. The van der Waals surface area contributed by atoms with Gasteiger partial charge in [-0.25, -0.2) is 13.1 Å². The predicted octanol–water partition coefficient (Wildman–Crippen LogP) is 0.569. The number of nitro groups is 1. The maximum atomic E-state index is 11.9. The third kappa shape index (κ3) is 2.94. The molecule has 0 fully saturated rings. The number of hydrogen-bond donors (Lipinski definition) is 3. The molecule has 0 saturated carbocycles. The van der Waals surface area contributed by atoms with Crippen molar-refractivity contribution in [2.24, 2.45) is 5.84 Å². The third-order valence-electron chi connectivity index (χ3n) is 2.17. The van der Waals surface area contributed by atoms with Gasteiger partial charge in [0.2, 0.25) is 10.0 Å². The minimum absolute atomic E-state index is 0.0561. The molecule has 1 aromatic carbocycles. The summed E-state index contributed by atoms with van der Waals surface area (Å²) in [7, 11) is -3.92. The summed E-state index contributed by atoms with van der Waals surface area (Å²) in [6.45, 7) is 1.99. The first-order chi connectivity index (χ1) is 8.44. The molecule has 18 heavy (non-hydrogen) atoms. The van der Waals surface area contributed by atoms with Gasteiger partial charge in [0.25, 0.3) is 0 Å². The van der Waals surface area contributed by atoms with Crippen molar-refractivity contribution in [2.45, 2.75) is 18.2 Å². The van der Waals surface area contributed by atoms with E-state index in [9.17, 15) is 18.5 Å². The largest absolute Gasteiger partial charge is 0.318 e. The zero-order chi connectivity index (χ0) is 13.8. The number of para-hydroxylation sites is 1. The normalized spacial score (nSPS) is 11.2. The molecular weight excluding hydrogens is 260 g/mol. The Morgan fingerprint density at radius 1 is 1.44 bits per heavy atom. The van der Waals surface area contributed by atoms with Crippen LogP contribution in [0.4, 0.5) is 11.4 Å². The Labute approximate surface area is 104 Å². The molecule has 0 aliphatic rings. The number of hydrazine groups is 1. The van der Waals surface area contributed by atoms with E-state index in [2.05, 4.69) is 10.1 Å². The van der Waals surface area contributed by atoms with Gasteiger partial charge >= 0.3 is 5.69 Å². The highest BCUT2D eigenvalue weighted by Gasteiger charge is 2.28. The van der Waals surface area contributed by atoms with Gasteiger partial charge < -0.3 is 5.43 Å². The van der Waals surface area contributed by atoms with Crippen LogP contribution < -0.4 is 16.0 Å². The summed E-state index contributed by atoms with van der Waals surface area (Å²) in [4.78, 5) is 9.75. The lowest BCUT2D eigenvalue weighted by atomic mass is 10.3. The van der Waals surface area contributed by atoms with Gasteiger partial charge in [-0.05, 0) is 18.6 Å². The van der Waals surface area contributed by atoms with Crippen LogP contribution in [0, 0.1) is 10.1 Å². The van der Waals surface area contributed by atoms with E-state index in [4.69, 9.17) is 5.84 Å². The van der Waals surface area contributed by atoms with Crippen LogP contribution in [0.15, 0.2) is 23.1 Å². The molecule has 0 unspecified atom stereocenters. The van der Waals surface area contributed by atoms with E-state index in [1.54, 1.807) is 6.92 Å². The van der Waals surface area contributed by atoms with E-state index >= 15 is 0 Å². The van der Waals surface area contributed by atoms with Gasteiger partial charge in [0.05, 0.1) is 4.92 Å². The molecule has 0 atom stereocenters. The van der Waals surface area contributed by atoms with Gasteiger partial charge in [-0.3, -0.25) is 16.0 Å². The second-order valence-electron chi connectivity index (χ2n) is 3.45. The van der Waals surface area contributed by atoms with Crippen LogP contribution in [-0.2, 0) is 10.0 Å². The molecule has 0 bridgehead atoms. The van der Waals surface area contributed by atoms with Crippen LogP contribution in [0.5, 0.6) is 0 Å². The second kappa shape index (κ2) is 5.76. The quantitative estimate of drug-likeness (QED) is 0.395. The number of nitrogen functional groups attached to an aromatic ring is 1. The van der Waals surface area contributed by atoms with Crippen molar-refractivity contribution in [3.63, 3.8) is 0 Å². The lowest BCUT2D eigenvalue weighted by molar-refractivity contribution is -0.386. The van der Waals surface area contributed by atoms with Crippen LogP contribution >= 0.6 is 0 Å². The fourth-order valence-corrected chi connectivity index (χ4v) is 2.68. The monoisotopic (exact) mass is 274 g/mol. The van der Waals surface area contributed by atoms with Crippen LogP contribution in [0.1, 0.15) is 13.3 Å². The number of nitrogens with one attached hydrogen (secondary N) is 2. The summed E-state index contributed by atoms with van der Waals surface area (Å²) in [5.41, 5.74) is 1.49. The molecule has 0 radical (unpaired) electrons. The van der Waals surface area contributed by atoms with E-state index in [0.29, 0.717) is 6.42 Å². The van der Waals surface area contributed by atoms with Crippen LogP contribution in [-0.4, -0.2) is 19.9 Å². The van der Waals surface area contributed by atoms with Crippen molar-refractivity contribution in [3.8, 4) is 0 Å². The Bertz CT molecular complexity index is 543. The smallest absolute Gasteiger partial charge is 0.313 e. The molecule has 9 heteroatoms. The first-order valence-corrected chi connectivity index (χ1v) is 6.66. The van der Waals surface area contributed by atoms with Crippen molar-refractivity contribution < 1.29 is 13.3 Å². The molecule has 1 aromatic rings. The topological polar surface area (TPSA) is 127 Å². The highest BCUT2D eigenvalue weighted by Crippen LogP contribution is 2.31.